The quantitative estimate of drug-likeness (QED) is 0.518. The SMILES string of the molecule is C=C(Nc1cc2cc(-c3cnn(C)c3)ccc2cn1)c1ccnc(CC2CNC2)c1. The molecule has 2 N–H and O–H groups in total. The maximum Gasteiger partial charge on any atom is 0.130 e. The number of benzene rings is 1. The first-order valence-corrected chi connectivity index (χ1v) is 10.1. The Balaban J connectivity index is 1.36. The molecule has 4 heterocycles. The fourth-order valence-electron chi connectivity index (χ4n) is 3.75. The van der Waals surface area contributed by atoms with Gasteiger partial charge in [0, 0.05) is 53.5 Å². The van der Waals surface area contributed by atoms with Crippen LogP contribution in [0.1, 0.15) is 11.3 Å². The van der Waals surface area contributed by atoms with Gasteiger partial charge in [-0.3, -0.25) is 9.67 Å². The second-order valence-electron chi connectivity index (χ2n) is 7.90. The number of nitrogens with one attached hydrogen (secondary N) is 2. The Bertz CT molecular complexity index is 1220. The van der Waals surface area contributed by atoms with E-state index in [9.17, 15) is 0 Å². The summed E-state index contributed by atoms with van der Waals surface area (Å²) in [4.78, 5) is 9.07. The largest absolute Gasteiger partial charge is 0.340 e. The van der Waals surface area contributed by atoms with Crippen LogP contribution in [0.5, 0.6) is 0 Å². The molecule has 6 nitrogen and oxygen atoms in total. The van der Waals surface area contributed by atoms with E-state index in [4.69, 9.17) is 0 Å². The molecule has 0 unspecified atom stereocenters. The molecule has 4 aromatic rings. The highest BCUT2D eigenvalue weighted by Gasteiger charge is 2.17. The second kappa shape index (κ2) is 7.72. The van der Waals surface area contributed by atoms with Crippen LogP contribution in [0.3, 0.4) is 0 Å². The molecule has 0 radical (unpaired) electrons. The van der Waals surface area contributed by atoms with Gasteiger partial charge in [-0.1, -0.05) is 18.7 Å². The van der Waals surface area contributed by atoms with Gasteiger partial charge in [-0.2, -0.15) is 5.10 Å². The molecule has 0 bridgehead atoms. The van der Waals surface area contributed by atoms with Crippen LogP contribution in [0, 0.1) is 5.92 Å². The number of anilines is 1. The Morgan fingerprint density at radius 2 is 2.00 bits per heavy atom. The summed E-state index contributed by atoms with van der Waals surface area (Å²) >= 11 is 0. The zero-order chi connectivity index (χ0) is 20.5. The summed E-state index contributed by atoms with van der Waals surface area (Å²) in [5.74, 6) is 1.46. The Morgan fingerprint density at radius 3 is 2.77 bits per heavy atom. The minimum absolute atomic E-state index is 0.685. The van der Waals surface area contributed by atoms with Gasteiger partial charge in [0.25, 0.3) is 0 Å². The molecule has 3 aromatic heterocycles. The van der Waals surface area contributed by atoms with Crippen molar-refractivity contribution in [3.05, 3.63) is 79.0 Å². The smallest absolute Gasteiger partial charge is 0.130 e. The van der Waals surface area contributed by atoms with E-state index in [1.165, 1.54) is 0 Å². The number of rotatable bonds is 6. The van der Waals surface area contributed by atoms with E-state index < -0.39 is 0 Å². The average Bonchev–Trinajstić information content (AvgIpc) is 3.17. The minimum Gasteiger partial charge on any atom is -0.340 e. The molecular formula is C24H24N6. The summed E-state index contributed by atoms with van der Waals surface area (Å²) in [5.41, 5.74) is 5.20. The number of hydrogen-bond acceptors (Lipinski definition) is 5. The van der Waals surface area contributed by atoms with Gasteiger partial charge in [0.2, 0.25) is 0 Å². The van der Waals surface area contributed by atoms with Crippen molar-refractivity contribution in [3.63, 3.8) is 0 Å². The molecule has 1 saturated heterocycles. The van der Waals surface area contributed by atoms with Gasteiger partial charge >= 0.3 is 0 Å². The predicted octanol–water partition coefficient (Wildman–Crippen LogP) is 3.88. The van der Waals surface area contributed by atoms with Crippen molar-refractivity contribution in [3.8, 4) is 11.1 Å². The highest BCUT2D eigenvalue weighted by molar-refractivity contribution is 5.89. The van der Waals surface area contributed by atoms with Crippen molar-refractivity contribution >= 4 is 22.3 Å². The van der Waals surface area contributed by atoms with Crippen molar-refractivity contribution in [2.45, 2.75) is 6.42 Å². The van der Waals surface area contributed by atoms with Crippen molar-refractivity contribution in [1.82, 2.24) is 25.1 Å². The molecule has 1 fully saturated rings. The maximum absolute atomic E-state index is 4.56. The molecule has 30 heavy (non-hydrogen) atoms. The zero-order valence-corrected chi connectivity index (χ0v) is 17.0. The van der Waals surface area contributed by atoms with Gasteiger partial charge in [-0.25, -0.2) is 4.98 Å². The Morgan fingerprint density at radius 1 is 1.10 bits per heavy atom. The monoisotopic (exact) mass is 396 g/mol. The van der Waals surface area contributed by atoms with E-state index >= 15 is 0 Å². The molecule has 150 valence electrons. The van der Waals surface area contributed by atoms with E-state index in [2.05, 4.69) is 62.6 Å². The average molecular weight is 396 g/mol. The highest BCUT2D eigenvalue weighted by atomic mass is 15.2. The summed E-state index contributed by atoms with van der Waals surface area (Å²) in [6.45, 7) is 6.37. The predicted molar refractivity (Wildman–Crippen MR) is 121 cm³/mol. The van der Waals surface area contributed by atoms with E-state index in [0.29, 0.717) is 5.92 Å². The van der Waals surface area contributed by atoms with Crippen LogP contribution in [0.2, 0.25) is 0 Å². The van der Waals surface area contributed by atoms with Gasteiger partial charge in [0.05, 0.1) is 6.20 Å². The first kappa shape index (κ1) is 18.5. The van der Waals surface area contributed by atoms with Crippen LogP contribution >= 0.6 is 0 Å². The number of fused-ring (bicyclic) bond motifs is 1. The number of aromatic nitrogens is 4. The van der Waals surface area contributed by atoms with Gasteiger partial charge in [0.1, 0.15) is 5.82 Å². The summed E-state index contributed by atoms with van der Waals surface area (Å²) in [5, 5.41) is 13.2. The molecule has 0 saturated carbocycles. The van der Waals surface area contributed by atoms with Crippen LogP contribution in [0.15, 0.2) is 67.8 Å². The first-order valence-electron chi connectivity index (χ1n) is 10.1. The molecule has 0 amide bonds. The van der Waals surface area contributed by atoms with Crippen molar-refractivity contribution in [2.75, 3.05) is 18.4 Å². The van der Waals surface area contributed by atoms with Crippen LogP contribution in [0.4, 0.5) is 5.82 Å². The second-order valence-corrected chi connectivity index (χ2v) is 7.90. The van der Waals surface area contributed by atoms with Crippen LogP contribution < -0.4 is 10.6 Å². The molecule has 0 atom stereocenters. The molecule has 0 spiro atoms. The topological polar surface area (TPSA) is 67.7 Å². The Hall–Kier alpha value is -3.51. The minimum atomic E-state index is 0.685. The highest BCUT2D eigenvalue weighted by Crippen LogP contribution is 2.26. The van der Waals surface area contributed by atoms with Crippen molar-refractivity contribution in [1.29, 1.82) is 0 Å². The first-order chi connectivity index (χ1) is 14.6. The third-order valence-corrected chi connectivity index (χ3v) is 5.57. The third-order valence-electron chi connectivity index (χ3n) is 5.57. The molecule has 5 rings (SSSR count). The molecule has 1 aliphatic heterocycles. The Labute approximate surface area is 175 Å². The molecular weight excluding hydrogens is 372 g/mol. The molecule has 1 aromatic carbocycles. The van der Waals surface area contributed by atoms with Crippen molar-refractivity contribution in [2.24, 2.45) is 13.0 Å². The van der Waals surface area contributed by atoms with Gasteiger partial charge < -0.3 is 10.6 Å². The standard InChI is InChI=1S/C24H24N6/c1-16(18-5-6-26-23(9-18)7-17-11-25-12-17)29-24-10-21-8-19(3-4-20(21)13-27-24)22-14-28-30(2)15-22/h3-6,8-10,13-15,17,25H,1,7,11-12H2,2H3,(H,27,29). The van der Waals surface area contributed by atoms with E-state index in [-0.39, 0.29) is 0 Å². The number of pyridine rings is 2. The lowest BCUT2D eigenvalue weighted by molar-refractivity contribution is 0.344. The zero-order valence-electron chi connectivity index (χ0n) is 17.0. The summed E-state index contributed by atoms with van der Waals surface area (Å²) < 4.78 is 1.81. The van der Waals surface area contributed by atoms with Gasteiger partial charge in [-0.05, 0) is 60.6 Å². The summed E-state index contributed by atoms with van der Waals surface area (Å²) in [6.07, 6.45) is 8.64. The lowest BCUT2D eigenvalue weighted by Crippen LogP contribution is -2.43. The fraction of sp³-hybridized carbons (Fsp3) is 0.208. The summed E-state index contributed by atoms with van der Waals surface area (Å²) in [7, 11) is 1.93. The van der Waals surface area contributed by atoms with Crippen LogP contribution in [-0.2, 0) is 13.5 Å². The van der Waals surface area contributed by atoms with E-state index in [1.54, 1.807) is 0 Å². The van der Waals surface area contributed by atoms with E-state index in [1.807, 2.05) is 42.6 Å². The van der Waals surface area contributed by atoms with Gasteiger partial charge in [0.15, 0.2) is 0 Å². The molecule has 1 aliphatic rings. The van der Waals surface area contributed by atoms with E-state index in [0.717, 1.165) is 64.2 Å². The Kier molecular flexibility index (Phi) is 4.77. The normalized spacial score (nSPS) is 13.9. The number of hydrogen-bond donors (Lipinski definition) is 2. The van der Waals surface area contributed by atoms with Gasteiger partial charge in [-0.15, -0.1) is 0 Å². The number of nitrogens with zero attached hydrogens (tertiary/aromatic N) is 4. The molecule has 6 heteroatoms. The van der Waals surface area contributed by atoms with Crippen molar-refractivity contribution < 1.29 is 0 Å². The third kappa shape index (κ3) is 3.82. The maximum atomic E-state index is 4.56. The lowest BCUT2D eigenvalue weighted by atomic mass is 9.96. The summed E-state index contributed by atoms with van der Waals surface area (Å²) in [6, 6.07) is 12.5. The van der Waals surface area contributed by atoms with Crippen LogP contribution in [-0.4, -0.2) is 32.8 Å². The van der Waals surface area contributed by atoms with Crippen LogP contribution in [0.25, 0.3) is 27.6 Å². The fourth-order valence-corrected chi connectivity index (χ4v) is 3.75. The number of aryl methyl sites for hydroxylation is 1. The molecule has 0 aliphatic carbocycles. The lowest BCUT2D eigenvalue weighted by Gasteiger charge is -2.26.